The van der Waals surface area contributed by atoms with Gasteiger partial charge in [-0.15, -0.1) is 11.8 Å². The number of hydrogen-bond donors (Lipinski definition) is 3. The van der Waals surface area contributed by atoms with Crippen molar-refractivity contribution in [2.24, 2.45) is 0 Å². The summed E-state index contributed by atoms with van der Waals surface area (Å²) in [6.45, 7) is 0. The van der Waals surface area contributed by atoms with Gasteiger partial charge in [0.1, 0.15) is 10.9 Å². The second-order valence-electron chi connectivity index (χ2n) is 9.87. The summed E-state index contributed by atoms with van der Waals surface area (Å²) in [4.78, 5) is 40.8. The SMILES string of the molecule is O=C(Nc1ccc(SC(C(=O)Nc2ccccc2Br)c2ccccc2)cc1)/C(=C/c1c(Cl)cccc1Cl)NC(=O)c1ccccc1. The van der Waals surface area contributed by atoms with E-state index in [4.69, 9.17) is 23.2 Å². The zero-order valence-electron chi connectivity index (χ0n) is 24.0. The lowest BCUT2D eigenvalue weighted by Crippen LogP contribution is -2.30. The maximum atomic E-state index is 13.5. The Kier molecular flexibility index (Phi) is 11.3. The van der Waals surface area contributed by atoms with Crippen molar-refractivity contribution in [2.45, 2.75) is 10.1 Å². The van der Waals surface area contributed by atoms with Crippen LogP contribution in [0.15, 0.2) is 142 Å². The van der Waals surface area contributed by atoms with Gasteiger partial charge in [0, 0.05) is 36.2 Å². The van der Waals surface area contributed by atoms with Crippen LogP contribution in [-0.4, -0.2) is 17.7 Å². The number of rotatable bonds is 10. The van der Waals surface area contributed by atoms with Gasteiger partial charge in [-0.2, -0.15) is 0 Å². The van der Waals surface area contributed by atoms with Gasteiger partial charge in [0.2, 0.25) is 5.91 Å². The fourth-order valence-electron chi connectivity index (χ4n) is 4.35. The Hall–Kier alpha value is -4.34. The number of halogens is 3. The van der Waals surface area contributed by atoms with E-state index >= 15 is 0 Å². The summed E-state index contributed by atoms with van der Waals surface area (Å²) in [6, 6.07) is 37.6. The highest BCUT2D eigenvalue weighted by Gasteiger charge is 2.23. The standard InChI is InChI=1S/C36H26BrCl2N3O3S/c37-28-14-7-8-17-31(28)41-36(45)33(23-10-3-1-4-11-23)46-26-20-18-25(19-21-26)40-35(44)32(22-27-29(38)15-9-16-30(27)39)42-34(43)24-12-5-2-6-13-24/h1-22,33H,(H,40,44)(H,41,45)(H,42,43)/b32-22-. The summed E-state index contributed by atoms with van der Waals surface area (Å²) in [6.07, 6.45) is 1.44. The van der Waals surface area contributed by atoms with Crippen molar-refractivity contribution in [1.29, 1.82) is 0 Å². The zero-order valence-corrected chi connectivity index (χ0v) is 28.0. The normalized spacial score (nSPS) is 11.8. The van der Waals surface area contributed by atoms with E-state index in [9.17, 15) is 14.4 Å². The smallest absolute Gasteiger partial charge is 0.272 e. The fourth-order valence-corrected chi connectivity index (χ4v) is 6.26. The molecule has 0 heterocycles. The van der Waals surface area contributed by atoms with Crippen molar-refractivity contribution in [1.82, 2.24) is 5.32 Å². The first-order chi connectivity index (χ1) is 22.3. The molecule has 1 atom stereocenters. The first-order valence-electron chi connectivity index (χ1n) is 14.0. The number of anilines is 2. The molecule has 230 valence electrons. The van der Waals surface area contributed by atoms with Crippen LogP contribution < -0.4 is 16.0 Å². The van der Waals surface area contributed by atoms with Crippen LogP contribution in [0.5, 0.6) is 0 Å². The summed E-state index contributed by atoms with van der Waals surface area (Å²) in [5.74, 6) is -1.22. The highest BCUT2D eigenvalue weighted by atomic mass is 79.9. The van der Waals surface area contributed by atoms with Crippen molar-refractivity contribution in [3.8, 4) is 0 Å². The quantitative estimate of drug-likeness (QED) is 0.0987. The molecular formula is C36H26BrCl2N3O3S. The average molecular weight is 731 g/mol. The van der Waals surface area contributed by atoms with Crippen molar-refractivity contribution in [3.05, 3.63) is 164 Å². The highest BCUT2D eigenvalue weighted by molar-refractivity contribution is 9.10. The summed E-state index contributed by atoms with van der Waals surface area (Å²) < 4.78 is 0.783. The van der Waals surface area contributed by atoms with Crippen molar-refractivity contribution >= 4 is 86.1 Å². The number of carbonyl (C=O) groups excluding carboxylic acids is 3. The van der Waals surface area contributed by atoms with Gasteiger partial charge in [-0.1, -0.05) is 89.9 Å². The third-order valence-electron chi connectivity index (χ3n) is 6.66. The van der Waals surface area contributed by atoms with E-state index < -0.39 is 17.1 Å². The van der Waals surface area contributed by atoms with Gasteiger partial charge in [0.05, 0.1) is 5.69 Å². The number of hydrogen-bond acceptors (Lipinski definition) is 4. The van der Waals surface area contributed by atoms with Gasteiger partial charge in [-0.05, 0) is 88.2 Å². The largest absolute Gasteiger partial charge is 0.324 e. The molecule has 46 heavy (non-hydrogen) atoms. The van der Waals surface area contributed by atoms with Crippen LogP contribution >= 0.6 is 50.9 Å². The van der Waals surface area contributed by atoms with E-state index in [1.54, 1.807) is 60.7 Å². The van der Waals surface area contributed by atoms with Gasteiger partial charge in [0.15, 0.2) is 0 Å². The molecule has 0 spiro atoms. The summed E-state index contributed by atoms with van der Waals surface area (Å²) in [5, 5.41) is 8.63. The molecule has 0 fully saturated rings. The Morgan fingerprint density at radius 2 is 1.30 bits per heavy atom. The van der Waals surface area contributed by atoms with Gasteiger partial charge < -0.3 is 16.0 Å². The topological polar surface area (TPSA) is 87.3 Å². The Morgan fingerprint density at radius 1 is 0.696 bits per heavy atom. The minimum atomic E-state index is -0.573. The lowest BCUT2D eigenvalue weighted by atomic mass is 10.1. The predicted molar refractivity (Wildman–Crippen MR) is 191 cm³/mol. The van der Waals surface area contributed by atoms with Crippen molar-refractivity contribution in [3.63, 3.8) is 0 Å². The molecule has 0 aromatic heterocycles. The number of nitrogens with one attached hydrogen (secondary N) is 3. The first-order valence-corrected chi connectivity index (χ1v) is 16.4. The van der Waals surface area contributed by atoms with E-state index in [1.165, 1.54) is 17.8 Å². The van der Waals surface area contributed by atoms with Crippen LogP contribution in [0.3, 0.4) is 0 Å². The Morgan fingerprint density at radius 3 is 1.96 bits per heavy atom. The van der Waals surface area contributed by atoms with Crippen LogP contribution in [0.1, 0.15) is 26.7 Å². The second kappa shape index (κ2) is 15.8. The predicted octanol–water partition coefficient (Wildman–Crippen LogP) is 9.64. The molecule has 6 nitrogen and oxygen atoms in total. The lowest BCUT2D eigenvalue weighted by molar-refractivity contribution is -0.116. The molecule has 0 aliphatic heterocycles. The molecule has 0 bridgehead atoms. The van der Waals surface area contributed by atoms with Crippen LogP contribution in [0.2, 0.25) is 10.0 Å². The van der Waals surface area contributed by atoms with Gasteiger partial charge >= 0.3 is 0 Å². The maximum Gasteiger partial charge on any atom is 0.272 e. The number of amides is 3. The summed E-state index contributed by atoms with van der Waals surface area (Å²) >= 11 is 17.6. The Balaban J connectivity index is 1.35. The monoisotopic (exact) mass is 729 g/mol. The van der Waals surface area contributed by atoms with E-state index in [2.05, 4.69) is 31.9 Å². The van der Waals surface area contributed by atoms with Gasteiger partial charge in [0.25, 0.3) is 11.8 Å². The molecule has 3 N–H and O–H groups in total. The average Bonchev–Trinajstić information content (AvgIpc) is 3.07. The molecule has 0 saturated heterocycles. The van der Waals surface area contributed by atoms with Crippen LogP contribution in [0, 0.1) is 0 Å². The third-order valence-corrected chi connectivity index (χ3v) is 9.27. The molecule has 5 aromatic rings. The summed E-state index contributed by atoms with van der Waals surface area (Å²) in [5.41, 5.74) is 2.72. The molecule has 0 aliphatic rings. The number of thioether (sulfide) groups is 1. The molecule has 10 heteroatoms. The van der Waals surface area contributed by atoms with E-state index in [0.29, 0.717) is 32.5 Å². The third kappa shape index (κ3) is 8.68. The van der Waals surface area contributed by atoms with Crippen molar-refractivity contribution in [2.75, 3.05) is 10.6 Å². The van der Waals surface area contributed by atoms with Crippen LogP contribution in [0.25, 0.3) is 6.08 Å². The molecule has 1 unspecified atom stereocenters. The van der Waals surface area contributed by atoms with E-state index in [0.717, 1.165) is 14.9 Å². The fraction of sp³-hybridized carbons (Fsp3) is 0.0278. The minimum absolute atomic E-state index is 0.0461. The number of para-hydroxylation sites is 1. The van der Waals surface area contributed by atoms with Gasteiger partial charge in [-0.3, -0.25) is 14.4 Å². The summed E-state index contributed by atoms with van der Waals surface area (Å²) in [7, 11) is 0. The van der Waals surface area contributed by atoms with E-state index in [-0.39, 0.29) is 11.6 Å². The lowest BCUT2D eigenvalue weighted by Gasteiger charge is -2.18. The maximum absolute atomic E-state index is 13.5. The highest BCUT2D eigenvalue weighted by Crippen LogP contribution is 2.37. The molecule has 0 saturated carbocycles. The minimum Gasteiger partial charge on any atom is -0.324 e. The van der Waals surface area contributed by atoms with Crippen LogP contribution in [-0.2, 0) is 9.59 Å². The molecular weight excluding hydrogens is 705 g/mol. The Bertz CT molecular complexity index is 1870. The van der Waals surface area contributed by atoms with Crippen LogP contribution in [0.4, 0.5) is 11.4 Å². The first kappa shape index (κ1) is 33.0. The number of carbonyl (C=O) groups is 3. The second-order valence-corrected chi connectivity index (χ2v) is 12.7. The van der Waals surface area contributed by atoms with Crippen molar-refractivity contribution < 1.29 is 14.4 Å². The molecule has 0 aliphatic carbocycles. The molecule has 5 aromatic carbocycles. The molecule has 3 amide bonds. The molecule has 0 radical (unpaired) electrons. The zero-order chi connectivity index (χ0) is 32.5. The van der Waals surface area contributed by atoms with E-state index in [1.807, 2.05) is 66.7 Å². The Labute approximate surface area is 289 Å². The number of benzene rings is 5. The molecule has 5 rings (SSSR count). The van der Waals surface area contributed by atoms with Gasteiger partial charge in [-0.25, -0.2) is 0 Å².